The lowest BCUT2D eigenvalue weighted by Crippen LogP contribution is -2.47. The third-order valence-electron chi connectivity index (χ3n) is 2.92. The van der Waals surface area contributed by atoms with E-state index in [9.17, 15) is 5.11 Å². The van der Waals surface area contributed by atoms with Gasteiger partial charge in [-0.3, -0.25) is 0 Å². The van der Waals surface area contributed by atoms with Gasteiger partial charge in [-0.05, 0) is 32.7 Å². The first-order valence-corrected chi connectivity index (χ1v) is 5.67. The summed E-state index contributed by atoms with van der Waals surface area (Å²) >= 11 is 0. The molecule has 0 aromatic rings. The average Bonchev–Trinajstić information content (AvgIpc) is 2.19. The first-order valence-electron chi connectivity index (χ1n) is 5.67. The Kier molecular flexibility index (Phi) is 4.85. The van der Waals surface area contributed by atoms with E-state index in [-0.39, 0.29) is 0 Å². The maximum absolute atomic E-state index is 10.2. The van der Waals surface area contributed by atoms with Crippen LogP contribution in [0.1, 0.15) is 33.1 Å². The molecule has 1 aliphatic rings. The lowest BCUT2D eigenvalue weighted by Gasteiger charge is -2.35. The molecule has 3 nitrogen and oxygen atoms in total. The molecule has 1 fully saturated rings. The highest BCUT2D eigenvalue weighted by atomic mass is 16.5. The van der Waals surface area contributed by atoms with Crippen molar-refractivity contribution in [3.05, 3.63) is 0 Å². The second-order valence-electron chi connectivity index (χ2n) is 4.45. The normalized spacial score (nSPS) is 27.2. The number of piperidine rings is 1. The average molecular weight is 201 g/mol. The lowest BCUT2D eigenvalue weighted by atomic mass is 9.84. The fourth-order valence-corrected chi connectivity index (χ4v) is 1.92. The molecule has 1 saturated heterocycles. The van der Waals surface area contributed by atoms with Crippen LogP contribution in [0.25, 0.3) is 0 Å². The summed E-state index contributed by atoms with van der Waals surface area (Å²) in [6.07, 6.45) is 3.28. The van der Waals surface area contributed by atoms with Gasteiger partial charge in [0.15, 0.2) is 0 Å². The second-order valence-corrected chi connectivity index (χ2v) is 4.45. The molecule has 2 atom stereocenters. The third kappa shape index (κ3) is 3.56. The van der Waals surface area contributed by atoms with E-state index in [0.717, 1.165) is 39.0 Å². The van der Waals surface area contributed by atoms with E-state index < -0.39 is 5.60 Å². The summed E-state index contributed by atoms with van der Waals surface area (Å²) in [5.74, 6) is 0.341. The van der Waals surface area contributed by atoms with Crippen LogP contribution in [-0.4, -0.2) is 37.0 Å². The van der Waals surface area contributed by atoms with Crippen molar-refractivity contribution in [3.8, 4) is 0 Å². The van der Waals surface area contributed by atoms with Gasteiger partial charge < -0.3 is 15.2 Å². The van der Waals surface area contributed by atoms with Crippen molar-refractivity contribution in [1.82, 2.24) is 5.32 Å². The molecular formula is C11H23NO2. The van der Waals surface area contributed by atoms with E-state index in [1.807, 2.05) is 6.92 Å². The van der Waals surface area contributed by atoms with Crippen molar-refractivity contribution < 1.29 is 9.84 Å². The third-order valence-corrected chi connectivity index (χ3v) is 2.92. The van der Waals surface area contributed by atoms with E-state index in [0.29, 0.717) is 12.5 Å². The Balaban J connectivity index is 2.29. The standard InChI is InChI=1S/C11H23NO2/c1-3-7-14-9-11(2,13)10-5-4-6-12-8-10/h10,12-13H,3-9H2,1-2H3. The van der Waals surface area contributed by atoms with Gasteiger partial charge in [0.2, 0.25) is 0 Å². The predicted octanol–water partition coefficient (Wildman–Crippen LogP) is 1.16. The predicted molar refractivity (Wildman–Crippen MR) is 57.3 cm³/mol. The maximum atomic E-state index is 10.2. The molecule has 0 aliphatic carbocycles. The van der Waals surface area contributed by atoms with Crippen LogP contribution in [0.3, 0.4) is 0 Å². The molecule has 0 radical (unpaired) electrons. The molecule has 0 bridgehead atoms. The largest absolute Gasteiger partial charge is 0.387 e. The second kappa shape index (κ2) is 5.69. The van der Waals surface area contributed by atoms with Crippen LogP contribution in [0.5, 0.6) is 0 Å². The van der Waals surface area contributed by atoms with Crippen molar-refractivity contribution >= 4 is 0 Å². The van der Waals surface area contributed by atoms with Crippen molar-refractivity contribution in [1.29, 1.82) is 0 Å². The molecule has 0 aromatic carbocycles. The van der Waals surface area contributed by atoms with Crippen LogP contribution >= 0.6 is 0 Å². The zero-order valence-electron chi connectivity index (χ0n) is 9.38. The Labute approximate surface area is 86.8 Å². The Hall–Kier alpha value is -0.120. The fourth-order valence-electron chi connectivity index (χ4n) is 1.92. The number of rotatable bonds is 5. The smallest absolute Gasteiger partial charge is 0.0892 e. The zero-order valence-corrected chi connectivity index (χ0v) is 9.38. The monoisotopic (exact) mass is 201 g/mol. The molecule has 3 heteroatoms. The van der Waals surface area contributed by atoms with Crippen LogP contribution in [0.4, 0.5) is 0 Å². The van der Waals surface area contributed by atoms with Crippen LogP contribution < -0.4 is 5.32 Å². The molecule has 84 valence electrons. The van der Waals surface area contributed by atoms with Crippen molar-refractivity contribution in [3.63, 3.8) is 0 Å². The topological polar surface area (TPSA) is 41.5 Å². The Morgan fingerprint density at radius 2 is 2.36 bits per heavy atom. The van der Waals surface area contributed by atoms with E-state index in [2.05, 4.69) is 12.2 Å². The molecule has 2 N–H and O–H groups in total. The SMILES string of the molecule is CCCOCC(C)(O)C1CCCNC1. The molecule has 2 unspecified atom stereocenters. The number of ether oxygens (including phenoxy) is 1. The maximum Gasteiger partial charge on any atom is 0.0892 e. The summed E-state index contributed by atoms with van der Waals surface area (Å²) in [5, 5.41) is 13.5. The van der Waals surface area contributed by atoms with Crippen molar-refractivity contribution in [2.75, 3.05) is 26.3 Å². The molecule has 0 saturated carbocycles. The Morgan fingerprint density at radius 1 is 1.57 bits per heavy atom. The van der Waals surface area contributed by atoms with Gasteiger partial charge in [-0.1, -0.05) is 6.92 Å². The number of aliphatic hydroxyl groups is 1. The van der Waals surface area contributed by atoms with E-state index >= 15 is 0 Å². The van der Waals surface area contributed by atoms with Gasteiger partial charge in [0.25, 0.3) is 0 Å². The van der Waals surface area contributed by atoms with Crippen LogP contribution in [0, 0.1) is 5.92 Å². The Morgan fingerprint density at radius 3 is 2.93 bits per heavy atom. The molecule has 1 heterocycles. The quantitative estimate of drug-likeness (QED) is 0.656. The van der Waals surface area contributed by atoms with Gasteiger partial charge in [-0.25, -0.2) is 0 Å². The van der Waals surface area contributed by atoms with E-state index in [1.54, 1.807) is 0 Å². The van der Waals surface area contributed by atoms with Gasteiger partial charge in [-0.2, -0.15) is 0 Å². The number of hydrogen-bond acceptors (Lipinski definition) is 3. The molecule has 1 rings (SSSR count). The number of hydrogen-bond donors (Lipinski definition) is 2. The van der Waals surface area contributed by atoms with Gasteiger partial charge in [0.05, 0.1) is 12.2 Å². The molecule has 0 aromatic heterocycles. The zero-order chi connectivity index (χ0) is 10.4. The first kappa shape index (κ1) is 12.0. The molecule has 1 aliphatic heterocycles. The lowest BCUT2D eigenvalue weighted by molar-refractivity contribution is -0.0770. The van der Waals surface area contributed by atoms with Gasteiger partial charge in [0.1, 0.15) is 0 Å². The van der Waals surface area contributed by atoms with Crippen LogP contribution in [0.15, 0.2) is 0 Å². The molecular weight excluding hydrogens is 178 g/mol. The van der Waals surface area contributed by atoms with Crippen LogP contribution in [-0.2, 0) is 4.74 Å². The molecule has 14 heavy (non-hydrogen) atoms. The van der Waals surface area contributed by atoms with E-state index in [4.69, 9.17) is 4.74 Å². The highest BCUT2D eigenvalue weighted by Gasteiger charge is 2.32. The fraction of sp³-hybridized carbons (Fsp3) is 1.00. The minimum absolute atomic E-state index is 0.341. The Bertz CT molecular complexity index is 153. The highest BCUT2D eigenvalue weighted by molar-refractivity contribution is 4.85. The summed E-state index contributed by atoms with van der Waals surface area (Å²) in [6.45, 7) is 7.19. The first-order chi connectivity index (χ1) is 6.67. The number of nitrogens with one attached hydrogen (secondary N) is 1. The highest BCUT2D eigenvalue weighted by Crippen LogP contribution is 2.24. The minimum atomic E-state index is -0.664. The minimum Gasteiger partial charge on any atom is -0.387 e. The van der Waals surface area contributed by atoms with Gasteiger partial charge in [0, 0.05) is 19.1 Å². The van der Waals surface area contributed by atoms with Gasteiger partial charge >= 0.3 is 0 Å². The summed E-state index contributed by atoms with van der Waals surface area (Å²) < 4.78 is 5.42. The van der Waals surface area contributed by atoms with E-state index in [1.165, 1.54) is 0 Å². The summed E-state index contributed by atoms with van der Waals surface area (Å²) in [7, 11) is 0. The van der Waals surface area contributed by atoms with Gasteiger partial charge in [-0.15, -0.1) is 0 Å². The summed E-state index contributed by atoms with van der Waals surface area (Å²) in [5.41, 5.74) is -0.664. The molecule has 0 spiro atoms. The summed E-state index contributed by atoms with van der Waals surface area (Å²) in [6, 6.07) is 0. The van der Waals surface area contributed by atoms with Crippen molar-refractivity contribution in [2.45, 2.75) is 38.7 Å². The summed E-state index contributed by atoms with van der Waals surface area (Å²) in [4.78, 5) is 0. The molecule has 0 amide bonds. The van der Waals surface area contributed by atoms with Crippen molar-refractivity contribution in [2.24, 2.45) is 5.92 Å². The van der Waals surface area contributed by atoms with Crippen LogP contribution in [0.2, 0.25) is 0 Å².